The minimum Gasteiger partial charge on any atom is -0.497 e. The molecule has 1 aromatic rings. The van der Waals surface area contributed by atoms with Crippen LogP contribution in [0, 0.1) is 5.82 Å². The lowest BCUT2D eigenvalue weighted by atomic mass is 9.87. The highest BCUT2D eigenvalue weighted by Gasteiger charge is 2.35. The zero-order chi connectivity index (χ0) is 16.9. The summed E-state index contributed by atoms with van der Waals surface area (Å²) in [4.78, 5) is 13.2. The van der Waals surface area contributed by atoms with Crippen molar-refractivity contribution < 1.29 is 18.7 Å². The van der Waals surface area contributed by atoms with Crippen LogP contribution >= 0.6 is 0 Å². The molecule has 0 bridgehead atoms. The Morgan fingerprint density at radius 1 is 1.43 bits per heavy atom. The van der Waals surface area contributed by atoms with Gasteiger partial charge in [-0.15, -0.1) is 0 Å². The number of amides is 1. The van der Waals surface area contributed by atoms with Crippen LogP contribution in [0.4, 0.5) is 4.39 Å². The normalized spacial score (nSPS) is 22.0. The van der Waals surface area contributed by atoms with Gasteiger partial charge in [0, 0.05) is 38.2 Å². The largest absolute Gasteiger partial charge is 0.497 e. The molecule has 1 aliphatic heterocycles. The zero-order valence-corrected chi connectivity index (χ0v) is 13.8. The Hall–Kier alpha value is -1.66. The van der Waals surface area contributed by atoms with Crippen LogP contribution in [0.15, 0.2) is 18.2 Å². The van der Waals surface area contributed by atoms with Gasteiger partial charge in [-0.3, -0.25) is 9.69 Å². The molecule has 5 nitrogen and oxygen atoms in total. The molecule has 0 aliphatic carbocycles. The molecule has 1 atom stereocenters. The van der Waals surface area contributed by atoms with Crippen LogP contribution in [0.1, 0.15) is 31.2 Å². The minimum atomic E-state index is -0.379. The molecule has 0 spiro atoms. The van der Waals surface area contributed by atoms with Gasteiger partial charge < -0.3 is 15.2 Å². The molecule has 6 heteroatoms. The molecule has 1 amide bonds. The van der Waals surface area contributed by atoms with E-state index in [1.54, 1.807) is 19.2 Å². The molecular weight excluding hydrogens is 299 g/mol. The summed E-state index contributed by atoms with van der Waals surface area (Å²) in [6, 6.07) is 4.91. The summed E-state index contributed by atoms with van der Waals surface area (Å²) in [5.74, 6) is -0.0765. The first-order chi connectivity index (χ1) is 11.0. The van der Waals surface area contributed by atoms with Crippen molar-refractivity contribution >= 4 is 5.91 Å². The van der Waals surface area contributed by atoms with E-state index in [0.29, 0.717) is 37.2 Å². The summed E-state index contributed by atoms with van der Waals surface area (Å²) in [7, 11) is 3.18. The first-order valence-electron chi connectivity index (χ1n) is 7.86. The van der Waals surface area contributed by atoms with E-state index < -0.39 is 0 Å². The number of likely N-dealkylation sites (tertiary alicyclic amines) is 1. The molecule has 0 unspecified atom stereocenters. The molecule has 2 N–H and O–H groups in total. The van der Waals surface area contributed by atoms with Crippen LogP contribution in [-0.4, -0.2) is 43.7 Å². The monoisotopic (exact) mass is 324 g/mol. The quantitative estimate of drug-likeness (QED) is 0.834. The van der Waals surface area contributed by atoms with E-state index in [1.165, 1.54) is 13.2 Å². The van der Waals surface area contributed by atoms with Crippen LogP contribution < -0.4 is 10.5 Å². The third-order valence-electron chi connectivity index (χ3n) is 4.53. The number of benzene rings is 1. The smallest absolute Gasteiger partial charge is 0.217 e. The summed E-state index contributed by atoms with van der Waals surface area (Å²) >= 11 is 0. The van der Waals surface area contributed by atoms with Crippen molar-refractivity contribution in [3.63, 3.8) is 0 Å². The Morgan fingerprint density at radius 2 is 2.22 bits per heavy atom. The number of rotatable bonds is 7. The van der Waals surface area contributed by atoms with Crippen molar-refractivity contribution in [2.45, 2.75) is 37.8 Å². The first-order valence-corrected chi connectivity index (χ1v) is 7.86. The zero-order valence-electron chi connectivity index (χ0n) is 13.8. The molecule has 0 radical (unpaired) electrons. The SMILES string of the molecule is COc1ccc(CN2CCC[C@@](CCC(N)=O)(OC)C2)c(F)c1. The Balaban J connectivity index is 2.04. The van der Waals surface area contributed by atoms with E-state index in [-0.39, 0.29) is 17.3 Å². The van der Waals surface area contributed by atoms with E-state index >= 15 is 0 Å². The lowest BCUT2D eigenvalue weighted by Gasteiger charge is -2.42. The molecule has 128 valence electrons. The number of carbonyl (C=O) groups is 1. The highest BCUT2D eigenvalue weighted by atomic mass is 19.1. The number of nitrogens with two attached hydrogens (primary N) is 1. The van der Waals surface area contributed by atoms with Gasteiger partial charge in [-0.1, -0.05) is 6.07 Å². The molecule has 1 saturated heterocycles. The van der Waals surface area contributed by atoms with Gasteiger partial charge in [-0.05, 0) is 31.9 Å². The number of primary amides is 1. The first kappa shape index (κ1) is 17.7. The van der Waals surface area contributed by atoms with Gasteiger partial charge in [0.15, 0.2) is 0 Å². The summed E-state index contributed by atoms with van der Waals surface area (Å²) in [6.07, 6.45) is 2.74. The summed E-state index contributed by atoms with van der Waals surface area (Å²) in [5.41, 5.74) is 5.51. The van der Waals surface area contributed by atoms with Crippen molar-refractivity contribution in [2.24, 2.45) is 5.73 Å². The topological polar surface area (TPSA) is 64.8 Å². The molecule has 1 heterocycles. The number of ether oxygens (including phenoxy) is 2. The predicted octanol–water partition coefficient (Wildman–Crippen LogP) is 2.08. The minimum absolute atomic E-state index is 0.268. The van der Waals surface area contributed by atoms with Gasteiger partial charge in [0.1, 0.15) is 11.6 Å². The number of piperidine rings is 1. The molecule has 1 fully saturated rings. The number of hydrogen-bond acceptors (Lipinski definition) is 4. The number of halogens is 1. The fourth-order valence-corrected chi connectivity index (χ4v) is 3.17. The van der Waals surface area contributed by atoms with Crippen molar-refractivity contribution in [3.8, 4) is 5.75 Å². The Morgan fingerprint density at radius 3 is 2.83 bits per heavy atom. The van der Waals surface area contributed by atoms with Crippen LogP contribution in [0.25, 0.3) is 0 Å². The highest BCUT2D eigenvalue weighted by Crippen LogP contribution is 2.30. The highest BCUT2D eigenvalue weighted by molar-refractivity contribution is 5.73. The van der Waals surface area contributed by atoms with E-state index in [9.17, 15) is 9.18 Å². The average molecular weight is 324 g/mol. The van der Waals surface area contributed by atoms with E-state index in [0.717, 1.165) is 19.4 Å². The van der Waals surface area contributed by atoms with Crippen LogP contribution in [0.3, 0.4) is 0 Å². The molecule has 1 aliphatic rings. The summed E-state index contributed by atoms with van der Waals surface area (Å²) in [5, 5.41) is 0. The molecule has 1 aromatic carbocycles. The second kappa shape index (κ2) is 7.75. The maximum absolute atomic E-state index is 14.1. The average Bonchev–Trinajstić information content (AvgIpc) is 2.55. The molecule has 0 aromatic heterocycles. The second-order valence-electron chi connectivity index (χ2n) is 6.12. The van der Waals surface area contributed by atoms with Crippen molar-refractivity contribution in [3.05, 3.63) is 29.6 Å². The van der Waals surface area contributed by atoms with Crippen LogP contribution in [-0.2, 0) is 16.1 Å². The summed E-state index contributed by atoms with van der Waals surface area (Å²) in [6.45, 7) is 2.06. The molecule has 0 saturated carbocycles. The molecule has 23 heavy (non-hydrogen) atoms. The Kier molecular flexibility index (Phi) is 5.96. The standard InChI is InChI=1S/C17H25FN2O3/c1-22-14-5-4-13(15(18)10-14)11-20-9-3-7-17(12-20,23-2)8-6-16(19)21/h4-5,10H,3,6-9,11-12H2,1-2H3,(H2,19,21)/t17-/m0/s1. The number of nitrogens with zero attached hydrogens (tertiary/aromatic N) is 1. The Labute approximate surface area is 136 Å². The fraction of sp³-hybridized carbons (Fsp3) is 0.588. The van der Waals surface area contributed by atoms with Gasteiger partial charge in [-0.25, -0.2) is 4.39 Å². The lowest BCUT2D eigenvalue weighted by molar-refractivity contribution is -0.121. The van der Waals surface area contributed by atoms with Crippen molar-refractivity contribution in [1.82, 2.24) is 4.90 Å². The fourth-order valence-electron chi connectivity index (χ4n) is 3.17. The van der Waals surface area contributed by atoms with Gasteiger partial charge >= 0.3 is 0 Å². The van der Waals surface area contributed by atoms with E-state index in [4.69, 9.17) is 15.2 Å². The van der Waals surface area contributed by atoms with E-state index in [1.807, 2.05) is 0 Å². The molecular formula is C17H25FN2O3. The Bertz CT molecular complexity index is 553. The van der Waals surface area contributed by atoms with Gasteiger partial charge in [0.05, 0.1) is 12.7 Å². The maximum Gasteiger partial charge on any atom is 0.217 e. The third kappa shape index (κ3) is 4.65. The summed E-state index contributed by atoms with van der Waals surface area (Å²) < 4.78 is 24.8. The van der Waals surface area contributed by atoms with Crippen LogP contribution in [0.2, 0.25) is 0 Å². The van der Waals surface area contributed by atoms with Gasteiger partial charge in [0.25, 0.3) is 0 Å². The van der Waals surface area contributed by atoms with Crippen molar-refractivity contribution in [1.29, 1.82) is 0 Å². The van der Waals surface area contributed by atoms with Crippen molar-refractivity contribution in [2.75, 3.05) is 27.3 Å². The third-order valence-corrected chi connectivity index (χ3v) is 4.53. The van der Waals surface area contributed by atoms with Gasteiger partial charge in [0.2, 0.25) is 5.91 Å². The molecule has 2 rings (SSSR count). The van der Waals surface area contributed by atoms with Crippen LogP contribution in [0.5, 0.6) is 5.75 Å². The number of methoxy groups -OCH3 is 2. The lowest BCUT2D eigenvalue weighted by Crippen LogP contribution is -2.49. The number of carbonyl (C=O) groups excluding carboxylic acids is 1. The predicted molar refractivity (Wildman–Crippen MR) is 85.6 cm³/mol. The van der Waals surface area contributed by atoms with E-state index in [2.05, 4.69) is 4.90 Å². The maximum atomic E-state index is 14.1. The van der Waals surface area contributed by atoms with Gasteiger partial charge in [-0.2, -0.15) is 0 Å². The number of hydrogen-bond donors (Lipinski definition) is 1. The second-order valence-corrected chi connectivity index (χ2v) is 6.12.